The highest BCUT2D eigenvalue weighted by Gasteiger charge is 2.21. The molecule has 0 bridgehead atoms. The number of aliphatic imine (C=N–C) groups is 1. The summed E-state index contributed by atoms with van der Waals surface area (Å²) in [5.74, 6) is 0. The second-order valence-electron chi connectivity index (χ2n) is 2.72. The first-order chi connectivity index (χ1) is 5.99. The van der Waals surface area contributed by atoms with Crippen LogP contribution in [0.5, 0.6) is 0 Å². The van der Waals surface area contributed by atoms with Crippen LogP contribution in [0, 0.1) is 10.1 Å². The van der Waals surface area contributed by atoms with Gasteiger partial charge in [0.25, 0.3) is 0 Å². The van der Waals surface area contributed by atoms with E-state index in [1.165, 1.54) is 6.92 Å². The molecule has 0 saturated heterocycles. The number of rotatable bonds is 4. The fourth-order valence-electron chi connectivity index (χ4n) is 0.659. The van der Waals surface area contributed by atoms with Crippen molar-refractivity contribution in [1.82, 2.24) is 0 Å². The molecule has 0 aromatic carbocycles. The molecule has 0 amide bonds. The van der Waals surface area contributed by atoms with Gasteiger partial charge in [0.1, 0.15) is 11.2 Å². The number of nitrogens with zero attached hydrogens (tertiary/aromatic N) is 2. The van der Waals surface area contributed by atoms with E-state index >= 15 is 0 Å². The van der Waals surface area contributed by atoms with E-state index in [-0.39, 0.29) is 4.92 Å². The van der Waals surface area contributed by atoms with Gasteiger partial charge >= 0.3 is 0 Å². The van der Waals surface area contributed by atoms with Gasteiger partial charge in [0.15, 0.2) is 0 Å². The number of nitro groups is 1. The van der Waals surface area contributed by atoms with Gasteiger partial charge in [-0.25, -0.2) is 0 Å². The van der Waals surface area contributed by atoms with Gasteiger partial charge in [0.2, 0.25) is 6.04 Å². The Labute approximate surface area is 82.5 Å². The minimum Gasteiger partial charge on any atom is -0.264 e. The minimum absolute atomic E-state index is 0.295. The molecule has 0 N–H and O–H groups in total. The molecule has 1 unspecified atom stereocenters. The monoisotopic (exact) mass is 204 g/mol. The van der Waals surface area contributed by atoms with Crippen LogP contribution in [0.3, 0.4) is 0 Å². The van der Waals surface area contributed by atoms with Crippen LogP contribution in [0.1, 0.15) is 20.8 Å². The Balaban J connectivity index is 4.35. The Hall–Kier alpha value is -0.900. The van der Waals surface area contributed by atoms with E-state index in [1.807, 2.05) is 0 Å². The van der Waals surface area contributed by atoms with Crippen LogP contribution in [0.2, 0.25) is 0 Å². The van der Waals surface area contributed by atoms with Crippen LogP contribution >= 0.6 is 11.6 Å². The molecule has 0 heterocycles. The lowest BCUT2D eigenvalue weighted by Gasteiger charge is -2.07. The molecule has 2 atom stereocenters. The average molecular weight is 205 g/mol. The predicted molar refractivity (Wildman–Crippen MR) is 54.0 cm³/mol. The van der Waals surface area contributed by atoms with Crippen molar-refractivity contribution in [3.8, 4) is 0 Å². The molecule has 13 heavy (non-hydrogen) atoms. The molecule has 0 spiro atoms. The van der Waals surface area contributed by atoms with Crippen molar-refractivity contribution in [2.24, 2.45) is 4.99 Å². The van der Waals surface area contributed by atoms with Gasteiger partial charge in [-0.2, -0.15) is 0 Å². The zero-order chi connectivity index (χ0) is 10.4. The van der Waals surface area contributed by atoms with Gasteiger partial charge in [-0.1, -0.05) is 17.7 Å². The first-order valence-electron chi connectivity index (χ1n) is 3.98. The largest absolute Gasteiger partial charge is 0.264 e. The Bertz CT molecular complexity index is 238. The average Bonchev–Trinajstić information content (AvgIpc) is 2.03. The zero-order valence-electron chi connectivity index (χ0n) is 7.90. The van der Waals surface area contributed by atoms with E-state index in [9.17, 15) is 10.1 Å². The molecule has 4 nitrogen and oxygen atoms in total. The molecule has 0 aliphatic rings. The fourth-order valence-corrected chi connectivity index (χ4v) is 0.939. The maximum atomic E-state index is 10.4. The Morgan fingerprint density at radius 3 is 2.54 bits per heavy atom. The molecule has 0 aliphatic carbocycles. The first-order valence-corrected chi connectivity index (χ1v) is 4.36. The standard InChI is InChI=1S/C8H13ClN2O2/c1-4-5-8(9)10-6(2)7(3)11(12)13/h4-7H,1-3H3/b5-4-,10-8?/t6?,7-/m0/s1. The predicted octanol–water partition coefficient (Wildman–Crippen LogP) is 2.25. The lowest BCUT2D eigenvalue weighted by molar-refractivity contribution is -0.520. The molecule has 5 heteroatoms. The summed E-state index contributed by atoms with van der Waals surface area (Å²) in [4.78, 5) is 13.9. The molecule has 0 saturated carbocycles. The van der Waals surface area contributed by atoms with Gasteiger partial charge in [0.05, 0.1) is 0 Å². The normalized spacial score (nSPS) is 17.4. The van der Waals surface area contributed by atoms with E-state index < -0.39 is 12.1 Å². The van der Waals surface area contributed by atoms with Gasteiger partial charge in [-0.3, -0.25) is 15.1 Å². The van der Waals surface area contributed by atoms with Crippen molar-refractivity contribution < 1.29 is 4.92 Å². The number of halogens is 1. The third-order valence-electron chi connectivity index (χ3n) is 1.66. The zero-order valence-corrected chi connectivity index (χ0v) is 8.65. The van der Waals surface area contributed by atoms with Crippen LogP contribution in [0.4, 0.5) is 0 Å². The second-order valence-corrected chi connectivity index (χ2v) is 3.11. The highest BCUT2D eigenvalue weighted by atomic mass is 35.5. The van der Waals surface area contributed by atoms with Crippen LogP contribution in [0.15, 0.2) is 17.1 Å². The molecular formula is C8H13ClN2O2. The van der Waals surface area contributed by atoms with Gasteiger partial charge in [0, 0.05) is 11.8 Å². The van der Waals surface area contributed by atoms with Crippen molar-refractivity contribution in [3.05, 3.63) is 22.3 Å². The third kappa shape index (κ3) is 4.62. The summed E-state index contributed by atoms with van der Waals surface area (Å²) in [6.07, 6.45) is 3.33. The Kier molecular flexibility index (Phi) is 5.30. The number of allylic oxidation sites excluding steroid dienone is 2. The molecule has 0 aliphatic heterocycles. The van der Waals surface area contributed by atoms with Gasteiger partial charge < -0.3 is 0 Å². The van der Waals surface area contributed by atoms with E-state index in [0.717, 1.165) is 0 Å². The first kappa shape index (κ1) is 12.1. The van der Waals surface area contributed by atoms with Gasteiger partial charge in [-0.15, -0.1) is 0 Å². The van der Waals surface area contributed by atoms with E-state index in [2.05, 4.69) is 4.99 Å². The fraction of sp³-hybridized carbons (Fsp3) is 0.625. The van der Waals surface area contributed by atoms with Gasteiger partial charge in [-0.05, 0) is 19.9 Å². The summed E-state index contributed by atoms with van der Waals surface area (Å²) in [5.41, 5.74) is 0. The highest BCUT2D eigenvalue weighted by molar-refractivity contribution is 6.68. The summed E-state index contributed by atoms with van der Waals surface area (Å²) in [5, 5.41) is 10.7. The maximum absolute atomic E-state index is 10.4. The van der Waals surface area contributed by atoms with Crippen LogP contribution in [-0.2, 0) is 0 Å². The molecule has 0 rings (SSSR count). The number of hydrogen-bond donors (Lipinski definition) is 0. The summed E-state index contributed by atoms with van der Waals surface area (Å²) >= 11 is 5.67. The third-order valence-corrected chi connectivity index (χ3v) is 1.89. The molecule has 0 fully saturated rings. The maximum Gasteiger partial charge on any atom is 0.232 e. The van der Waals surface area contributed by atoms with Crippen molar-refractivity contribution in [2.75, 3.05) is 0 Å². The minimum atomic E-state index is -0.709. The van der Waals surface area contributed by atoms with Crippen molar-refractivity contribution in [1.29, 1.82) is 0 Å². The SMILES string of the molecule is C/C=C\C(Cl)=NC(C)[C@H](C)[N+](=O)[O-]. The van der Waals surface area contributed by atoms with Crippen LogP contribution < -0.4 is 0 Å². The van der Waals surface area contributed by atoms with E-state index in [4.69, 9.17) is 11.6 Å². The van der Waals surface area contributed by atoms with Crippen LogP contribution in [-0.4, -0.2) is 22.2 Å². The quantitative estimate of drug-likeness (QED) is 0.401. The van der Waals surface area contributed by atoms with Crippen LogP contribution in [0.25, 0.3) is 0 Å². The smallest absolute Gasteiger partial charge is 0.232 e. The van der Waals surface area contributed by atoms with E-state index in [0.29, 0.717) is 5.17 Å². The molecule has 74 valence electrons. The second kappa shape index (κ2) is 5.70. The number of hydrogen-bond acceptors (Lipinski definition) is 3. The molecule has 0 aromatic rings. The summed E-state index contributed by atoms with van der Waals surface area (Å²) in [7, 11) is 0. The molecule has 0 radical (unpaired) electrons. The Morgan fingerprint density at radius 1 is 1.62 bits per heavy atom. The summed E-state index contributed by atoms with van der Waals surface area (Å²) < 4.78 is 0. The Morgan fingerprint density at radius 2 is 2.15 bits per heavy atom. The topological polar surface area (TPSA) is 55.5 Å². The summed E-state index contributed by atoms with van der Waals surface area (Å²) in [6, 6.07) is -1.11. The summed E-state index contributed by atoms with van der Waals surface area (Å²) in [6.45, 7) is 4.98. The van der Waals surface area contributed by atoms with Crippen molar-refractivity contribution >= 4 is 16.8 Å². The molecule has 0 aromatic heterocycles. The van der Waals surface area contributed by atoms with Crippen molar-refractivity contribution in [2.45, 2.75) is 32.9 Å². The lowest BCUT2D eigenvalue weighted by Crippen LogP contribution is -2.27. The molecular weight excluding hydrogens is 192 g/mol. The van der Waals surface area contributed by atoms with Crippen molar-refractivity contribution in [3.63, 3.8) is 0 Å². The lowest BCUT2D eigenvalue weighted by atomic mass is 10.2. The van der Waals surface area contributed by atoms with E-state index in [1.54, 1.807) is 26.0 Å². The highest BCUT2D eigenvalue weighted by Crippen LogP contribution is 2.03.